The summed E-state index contributed by atoms with van der Waals surface area (Å²) in [4.78, 5) is 41.0. The maximum absolute atomic E-state index is 13.9. The first-order valence-electron chi connectivity index (χ1n) is 12.8. The number of benzene rings is 2. The summed E-state index contributed by atoms with van der Waals surface area (Å²) < 4.78 is 5.26. The highest BCUT2D eigenvalue weighted by Gasteiger charge is 2.34. The van der Waals surface area contributed by atoms with Crippen LogP contribution in [-0.2, 0) is 14.3 Å². The molecule has 3 N–H and O–H groups in total. The summed E-state index contributed by atoms with van der Waals surface area (Å²) in [5, 5.41) is 16.4. The van der Waals surface area contributed by atoms with Crippen molar-refractivity contribution in [2.45, 2.75) is 79.4 Å². The number of para-hydroxylation sites is 2. The maximum Gasteiger partial charge on any atom is 0.408 e. The van der Waals surface area contributed by atoms with Crippen molar-refractivity contribution < 1.29 is 24.2 Å². The zero-order valence-electron chi connectivity index (χ0n) is 23.1. The molecule has 0 bridgehead atoms. The third-order valence-electron chi connectivity index (χ3n) is 5.96. The number of anilines is 1. The SMILES string of the molecule is CCCCCN(C(=O)CNC(=O)OC(C)(C)C)C(C(=O)Nc1c(C)cccc1C)c1cccc(C)c1O. The van der Waals surface area contributed by atoms with Gasteiger partial charge in [0.2, 0.25) is 5.91 Å². The Balaban J connectivity index is 2.47. The van der Waals surface area contributed by atoms with Crippen LogP contribution in [0.5, 0.6) is 5.75 Å². The average Bonchev–Trinajstić information content (AvgIpc) is 2.80. The third-order valence-corrected chi connectivity index (χ3v) is 5.96. The molecule has 0 heterocycles. The number of phenols is 1. The van der Waals surface area contributed by atoms with Crippen molar-refractivity contribution in [2.75, 3.05) is 18.4 Å². The standard InChI is InChI=1S/C29H41N3O5/c1-8-9-10-17-32(23(33)18-30-28(36)37-29(5,6)7)25(22-16-12-15-21(4)26(22)34)27(35)31-24-19(2)13-11-14-20(24)3/h11-16,25,34H,8-10,17-18H2,1-7H3,(H,30,36)(H,31,35). The van der Waals surface area contributed by atoms with E-state index in [9.17, 15) is 19.5 Å². The molecule has 0 fully saturated rings. The van der Waals surface area contributed by atoms with Gasteiger partial charge < -0.3 is 25.4 Å². The van der Waals surface area contributed by atoms with E-state index in [2.05, 4.69) is 10.6 Å². The minimum atomic E-state index is -1.11. The Morgan fingerprint density at radius 1 is 0.973 bits per heavy atom. The molecule has 8 heteroatoms. The number of nitrogens with one attached hydrogen (secondary N) is 2. The second-order valence-corrected chi connectivity index (χ2v) is 10.3. The van der Waals surface area contributed by atoms with Gasteiger partial charge in [-0.3, -0.25) is 9.59 Å². The van der Waals surface area contributed by atoms with E-state index in [-0.39, 0.29) is 18.8 Å². The van der Waals surface area contributed by atoms with Crippen molar-refractivity contribution in [3.63, 3.8) is 0 Å². The molecule has 0 aliphatic heterocycles. The van der Waals surface area contributed by atoms with Gasteiger partial charge >= 0.3 is 6.09 Å². The highest BCUT2D eigenvalue weighted by atomic mass is 16.6. The summed E-state index contributed by atoms with van der Waals surface area (Å²) in [5.74, 6) is -0.942. The van der Waals surface area contributed by atoms with Crippen molar-refractivity contribution >= 4 is 23.6 Å². The predicted octanol–water partition coefficient (Wildman–Crippen LogP) is 5.54. The fraction of sp³-hybridized carbons (Fsp3) is 0.483. The molecule has 202 valence electrons. The van der Waals surface area contributed by atoms with Gasteiger partial charge in [0.05, 0.1) is 0 Å². The zero-order valence-corrected chi connectivity index (χ0v) is 23.1. The van der Waals surface area contributed by atoms with E-state index in [1.54, 1.807) is 45.9 Å². The van der Waals surface area contributed by atoms with Gasteiger partial charge in [0.1, 0.15) is 23.9 Å². The summed E-state index contributed by atoms with van der Waals surface area (Å²) in [6.07, 6.45) is 1.72. The van der Waals surface area contributed by atoms with Crippen LogP contribution in [0.2, 0.25) is 0 Å². The number of rotatable bonds is 10. The van der Waals surface area contributed by atoms with Crippen LogP contribution in [0, 0.1) is 20.8 Å². The molecule has 3 amide bonds. The number of carbonyl (C=O) groups is 3. The summed E-state index contributed by atoms with van der Waals surface area (Å²) in [5.41, 5.74) is 2.64. The number of amides is 3. The van der Waals surface area contributed by atoms with Gasteiger partial charge in [-0.15, -0.1) is 0 Å². The molecule has 2 aromatic rings. The summed E-state index contributed by atoms with van der Waals surface area (Å²) in [7, 11) is 0. The first-order valence-corrected chi connectivity index (χ1v) is 12.8. The third kappa shape index (κ3) is 8.51. The van der Waals surface area contributed by atoms with Crippen LogP contribution in [-0.4, -0.2) is 46.6 Å². The molecular weight excluding hydrogens is 470 g/mol. The Hall–Kier alpha value is -3.55. The van der Waals surface area contributed by atoms with Crippen molar-refractivity contribution in [1.82, 2.24) is 10.2 Å². The number of phenolic OH excluding ortho intramolecular Hbond substituents is 1. The lowest BCUT2D eigenvalue weighted by Crippen LogP contribution is -2.47. The van der Waals surface area contributed by atoms with Gasteiger partial charge in [0.15, 0.2) is 0 Å². The van der Waals surface area contributed by atoms with Crippen LogP contribution in [0.25, 0.3) is 0 Å². The Bertz CT molecular complexity index is 1090. The minimum absolute atomic E-state index is 0.0439. The largest absolute Gasteiger partial charge is 0.507 e. The number of aromatic hydroxyl groups is 1. The van der Waals surface area contributed by atoms with Gasteiger partial charge in [-0.2, -0.15) is 0 Å². The van der Waals surface area contributed by atoms with E-state index in [1.165, 1.54) is 4.90 Å². The van der Waals surface area contributed by atoms with Crippen LogP contribution < -0.4 is 10.6 Å². The van der Waals surface area contributed by atoms with Crippen LogP contribution in [0.1, 0.15) is 75.3 Å². The molecule has 0 spiro atoms. The second-order valence-electron chi connectivity index (χ2n) is 10.3. The Kier molecular flexibility index (Phi) is 10.5. The monoisotopic (exact) mass is 511 g/mol. The van der Waals surface area contributed by atoms with E-state index in [1.807, 2.05) is 39.0 Å². The van der Waals surface area contributed by atoms with Gasteiger partial charge in [0.25, 0.3) is 5.91 Å². The lowest BCUT2D eigenvalue weighted by molar-refractivity contribution is -0.138. The Morgan fingerprint density at radius 2 is 1.57 bits per heavy atom. The van der Waals surface area contributed by atoms with Crippen LogP contribution in [0.15, 0.2) is 36.4 Å². The molecule has 0 aliphatic carbocycles. The van der Waals surface area contributed by atoms with Crippen molar-refractivity contribution in [1.29, 1.82) is 0 Å². The molecule has 8 nitrogen and oxygen atoms in total. The van der Waals surface area contributed by atoms with Gasteiger partial charge in [-0.1, -0.05) is 56.2 Å². The summed E-state index contributed by atoms with van der Waals surface area (Å²) in [6, 6.07) is 9.74. The molecule has 1 unspecified atom stereocenters. The first-order chi connectivity index (χ1) is 17.4. The topological polar surface area (TPSA) is 108 Å². The van der Waals surface area contributed by atoms with Crippen LogP contribution in [0.3, 0.4) is 0 Å². The predicted molar refractivity (Wildman–Crippen MR) is 146 cm³/mol. The number of aryl methyl sites for hydroxylation is 3. The maximum atomic E-state index is 13.9. The van der Waals surface area contributed by atoms with E-state index in [0.29, 0.717) is 23.2 Å². The highest BCUT2D eigenvalue weighted by molar-refractivity contribution is 5.99. The van der Waals surface area contributed by atoms with E-state index in [4.69, 9.17) is 4.74 Å². The number of carbonyl (C=O) groups excluding carboxylic acids is 3. The van der Waals surface area contributed by atoms with Crippen LogP contribution in [0.4, 0.5) is 10.5 Å². The minimum Gasteiger partial charge on any atom is -0.507 e. The molecule has 0 aromatic heterocycles. The van der Waals surface area contributed by atoms with Crippen molar-refractivity contribution in [3.05, 3.63) is 58.7 Å². The first kappa shape index (κ1) is 29.7. The molecule has 2 aromatic carbocycles. The lowest BCUT2D eigenvalue weighted by Gasteiger charge is -2.32. The fourth-order valence-corrected chi connectivity index (χ4v) is 4.05. The molecule has 0 radical (unpaired) electrons. The van der Waals surface area contributed by atoms with Crippen LogP contribution >= 0.6 is 0 Å². The van der Waals surface area contributed by atoms with Crippen molar-refractivity contribution in [2.24, 2.45) is 0 Å². The number of hydrogen-bond acceptors (Lipinski definition) is 5. The van der Waals surface area contributed by atoms with Crippen molar-refractivity contribution in [3.8, 4) is 5.75 Å². The number of nitrogens with zero attached hydrogens (tertiary/aromatic N) is 1. The molecule has 2 rings (SSSR count). The zero-order chi connectivity index (χ0) is 27.8. The number of alkyl carbamates (subject to hydrolysis) is 1. The van der Waals surface area contributed by atoms with E-state index in [0.717, 1.165) is 24.0 Å². The summed E-state index contributed by atoms with van der Waals surface area (Å²) >= 11 is 0. The van der Waals surface area contributed by atoms with Gasteiger partial charge in [-0.05, 0) is 64.7 Å². The second kappa shape index (κ2) is 13.1. The highest BCUT2D eigenvalue weighted by Crippen LogP contribution is 2.33. The quantitative estimate of drug-likeness (QED) is 0.363. The average molecular weight is 512 g/mol. The number of hydrogen-bond donors (Lipinski definition) is 3. The molecule has 0 saturated carbocycles. The smallest absolute Gasteiger partial charge is 0.408 e. The van der Waals surface area contributed by atoms with Gasteiger partial charge in [0, 0.05) is 17.8 Å². The fourth-order valence-electron chi connectivity index (χ4n) is 4.05. The molecule has 0 aliphatic rings. The number of ether oxygens (including phenoxy) is 1. The molecule has 37 heavy (non-hydrogen) atoms. The van der Waals surface area contributed by atoms with E-state index >= 15 is 0 Å². The molecular formula is C29H41N3O5. The normalized spacial score (nSPS) is 12.0. The summed E-state index contributed by atoms with van der Waals surface area (Å²) in [6.45, 7) is 12.7. The lowest BCUT2D eigenvalue weighted by atomic mass is 9.99. The number of unbranched alkanes of at least 4 members (excludes halogenated alkanes) is 2. The Labute approximate surface area is 220 Å². The Morgan fingerprint density at radius 3 is 2.16 bits per heavy atom. The molecule has 1 atom stereocenters. The van der Waals surface area contributed by atoms with E-state index < -0.39 is 29.6 Å². The molecule has 0 saturated heterocycles. The van der Waals surface area contributed by atoms with Gasteiger partial charge in [-0.25, -0.2) is 4.79 Å².